The van der Waals surface area contributed by atoms with Gasteiger partial charge in [0.2, 0.25) is 5.91 Å². The number of benzene rings is 2. The second-order valence-electron chi connectivity index (χ2n) is 9.72. The van der Waals surface area contributed by atoms with Gasteiger partial charge in [0.1, 0.15) is 0 Å². The zero-order valence-corrected chi connectivity index (χ0v) is 22.4. The number of hydrogen-bond acceptors (Lipinski definition) is 3. The molecule has 188 valence electrons. The standard InChI is InChI=1S/C32H38N2O2/c1-7-9-25(8-2)18-30(33)32(36)34-19-28(16-26-12-10-21(3)23(5)14-26)31(35)29(20-34)17-27-13-11-22(4)24(6)15-27/h7-17,30H,18-20,33H2,1-6H3/b9-7-,25-8+,28-16+,29-17+. The lowest BCUT2D eigenvalue weighted by Crippen LogP contribution is -2.49. The molecule has 0 radical (unpaired) electrons. The zero-order valence-electron chi connectivity index (χ0n) is 22.4. The van der Waals surface area contributed by atoms with Gasteiger partial charge < -0.3 is 10.6 Å². The number of carbonyl (C=O) groups excluding carboxylic acids is 2. The molecular formula is C32H38N2O2. The van der Waals surface area contributed by atoms with Crippen molar-refractivity contribution in [1.29, 1.82) is 0 Å². The summed E-state index contributed by atoms with van der Waals surface area (Å²) in [5.41, 5.74) is 15.2. The van der Waals surface area contributed by atoms with Crippen molar-refractivity contribution in [3.63, 3.8) is 0 Å². The third kappa shape index (κ3) is 6.58. The molecule has 1 aliphatic heterocycles. The van der Waals surface area contributed by atoms with Crippen LogP contribution in [0.5, 0.6) is 0 Å². The Morgan fingerprint density at radius 3 is 1.81 bits per heavy atom. The molecular weight excluding hydrogens is 444 g/mol. The molecule has 36 heavy (non-hydrogen) atoms. The van der Waals surface area contributed by atoms with Crippen LogP contribution in [0.15, 0.2) is 71.3 Å². The highest BCUT2D eigenvalue weighted by atomic mass is 16.2. The quantitative estimate of drug-likeness (QED) is 0.403. The van der Waals surface area contributed by atoms with Gasteiger partial charge in [0.05, 0.1) is 6.04 Å². The van der Waals surface area contributed by atoms with Gasteiger partial charge in [-0.25, -0.2) is 0 Å². The van der Waals surface area contributed by atoms with Gasteiger partial charge in [-0.2, -0.15) is 0 Å². The fourth-order valence-electron chi connectivity index (χ4n) is 4.38. The Kier molecular flexibility index (Phi) is 9.00. The largest absolute Gasteiger partial charge is 0.332 e. The molecule has 1 amide bonds. The molecule has 1 fully saturated rings. The second-order valence-corrected chi connectivity index (χ2v) is 9.72. The van der Waals surface area contributed by atoms with E-state index in [4.69, 9.17) is 5.73 Å². The summed E-state index contributed by atoms with van der Waals surface area (Å²) >= 11 is 0. The molecule has 2 N–H and O–H groups in total. The minimum absolute atomic E-state index is 0.0212. The van der Waals surface area contributed by atoms with Crippen LogP contribution in [0.1, 0.15) is 53.6 Å². The molecule has 1 aliphatic rings. The van der Waals surface area contributed by atoms with E-state index < -0.39 is 6.04 Å². The van der Waals surface area contributed by atoms with Crippen molar-refractivity contribution in [1.82, 2.24) is 4.90 Å². The maximum Gasteiger partial charge on any atom is 0.240 e. The van der Waals surface area contributed by atoms with Crippen LogP contribution in [0, 0.1) is 27.7 Å². The Bertz CT molecular complexity index is 1200. The van der Waals surface area contributed by atoms with E-state index >= 15 is 0 Å². The molecule has 2 aromatic rings. The van der Waals surface area contributed by atoms with Crippen molar-refractivity contribution in [3.8, 4) is 0 Å². The van der Waals surface area contributed by atoms with Crippen LogP contribution in [0.4, 0.5) is 0 Å². The molecule has 4 nitrogen and oxygen atoms in total. The molecule has 1 atom stereocenters. The number of Topliss-reactive ketones (excluding diaryl/α,β-unsaturated/α-hetero) is 1. The van der Waals surface area contributed by atoms with Crippen molar-refractivity contribution in [2.45, 2.75) is 54.0 Å². The van der Waals surface area contributed by atoms with E-state index in [1.165, 1.54) is 11.1 Å². The van der Waals surface area contributed by atoms with Crippen molar-refractivity contribution in [3.05, 3.63) is 105 Å². The number of piperidine rings is 1. The van der Waals surface area contributed by atoms with Gasteiger partial charge in [-0.1, -0.05) is 60.2 Å². The number of nitrogens with two attached hydrogens (primary N) is 1. The van der Waals surface area contributed by atoms with E-state index in [9.17, 15) is 9.59 Å². The van der Waals surface area contributed by atoms with Gasteiger partial charge in [0.25, 0.3) is 0 Å². The number of hydrogen-bond donors (Lipinski definition) is 1. The highest BCUT2D eigenvalue weighted by Crippen LogP contribution is 2.25. The van der Waals surface area contributed by atoms with E-state index in [0.717, 1.165) is 27.8 Å². The van der Waals surface area contributed by atoms with E-state index in [0.29, 0.717) is 17.6 Å². The minimum Gasteiger partial charge on any atom is -0.332 e. The molecule has 1 heterocycles. The number of ketones is 1. The van der Waals surface area contributed by atoms with Crippen LogP contribution in [0.25, 0.3) is 12.2 Å². The number of likely N-dealkylation sites (tertiary alicyclic amines) is 1. The summed E-state index contributed by atoms with van der Waals surface area (Å²) in [6.45, 7) is 12.6. The molecule has 0 spiro atoms. The fraction of sp³-hybridized carbons (Fsp3) is 0.312. The number of amides is 1. The third-order valence-electron chi connectivity index (χ3n) is 6.89. The molecule has 0 aliphatic carbocycles. The Hall–Kier alpha value is -3.50. The lowest BCUT2D eigenvalue weighted by Gasteiger charge is -2.32. The maximum absolute atomic E-state index is 13.6. The zero-order chi connectivity index (χ0) is 26.4. The van der Waals surface area contributed by atoms with Gasteiger partial charge in [-0.3, -0.25) is 9.59 Å². The smallest absolute Gasteiger partial charge is 0.240 e. The second kappa shape index (κ2) is 12.0. The molecule has 0 bridgehead atoms. The number of allylic oxidation sites excluding steroid dienone is 3. The first-order valence-electron chi connectivity index (χ1n) is 12.6. The van der Waals surface area contributed by atoms with Crippen LogP contribution in [0.2, 0.25) is 0 Å². The average molecular weight is 483 g/mol. The Morgan fingerprint density at radius 2 is 1.39 bits per heavy atom. The molecule has 2 aromatic carbocycles. The number of rotatable bonds is 6. The summed E-state index contributed by atoms with van der Waals surface area (Å²) in [4.78, 5) is 28.7. The fourth-order valence-corrected chi connectivity index (χ4v) is 4.38. The van der Waals surface area contributed by atoms with Crippen molar-refractivity contribution in [2.24, 2.45) is 5.73 Å². The van der Waals surface area contributed by atoms with E-state index in [-0.39, 0.29) is 24.8 Å². The maximum atomic E-state index is 13.6. The average Bonchev–Trinajstić information content (AvgIpc) is 2.85. The summed E-state index contributed by atoms with van der Waals surface area (Å²) in [5.74, 6) is -0.171. The molecule has 4 heteroatoms. The van der Waals surface area contributed by atoms with E-state index in [2.05, 4.69) is 52.0 Å². The first-order valence-corrected chi connectivity index (χ1v) is 12.6. The Morgan fingerprint density at radius 1 is 0.889 bits per heavy atom. The summed E-state index contributed by atoms with van der Waals surface area (Å²) in [5, 5.41) is 0. The predicted octanol–water partition coefficient (Wildman–Crippen LogP) is 6.04. The van der Waals surface area contributed by atoms with Gasteiger partial charge in [-0.15, -0.1) is 0 Å². The summed E-state index contributed by atoms with van der Waals surface area (Å²) < 4.78 is 0. The minimum atomic E-state index is -0.675. The Labute approximate surface area is 215 Å². The lowest BCUT2D eigenvalue weighted by molar-refractivity contribution is -0.132. The van der Waals surface area contributed by atoms with Gasteiger partial charge in [0.15, 0.2) is 5.78 Å². The molecule has 1 saturated heterocycles. The van der Waals surface area contributed by atoms with Gasteiger partial charge in [0, 0.05) is 24.2 Å². The monoisotopic (exact) mass is 482 g/mol. The van der Waals surface area contributed by atoms with Crippen LogP contribution >= 0.6 is 0 Å². The third-order valence-corrected chi connectivity index (χ3v) is 6.89. The summed E-state index contributed by atoms with van der Waals surface area (Å²) in [6, 6.07) is 11.6. The van der Waals surface area contributed by atoms with Gasteiger partial charge in [-0.05, 0) is 93.5 Å². The normalized spacial score (nSPS) is 17.9. The van der Waals surface area contributed by atoms with Gasteiger partial charge >= 0.3 is 0 Å². The van der Waals surface area contributed by atoms with E-state index in [1.54, 1.807) is 4.90 Å². The van der Waals surface area contributed by atoms with Crippen molar-refractivity contribution < 1.29 is 9.59 Å². The first kappa shape index (κ1) is 27.1. The number of aryl methyl sites for hydroxylation is 4. The summed E-state index contributed by atoms with van der Waals surface area (Å²) in [6.07, 6.45) is 10.2. The van der Waals surface area contributed by atoms with Crippen molar-refractivity contribution in [2.75, 3.05) is 13.1 Å². The topological polar surface area (TPSA) is 63.4 Å². The van der Waals surface area contributed by atoms with Crippen LogP contribution in [-0.4, -0.2) is 35.7 Å². The highest BCUT2D eigenvalue weighted by Gasteiger charge is 2.31. The Balaban J connectivity index is 1.99. The summed E-state index contributed by atoms with van der Waals surface area (Å²) in [7, 11) is 0. The molecule has 1 unspecified atom stereocenters. The van der Waals surface area contributed by atoms with Crippen LogP contribution in [-0.2, 0) is 9.59 Å². The molecule has 3 rings (SSSR count). The number of carbonyl (C=O) groups is 2. The predicted molar refractivity (Wildman–Crippen MR) is 151 cm³/mol. The number of nitrogens with zero attached hydrogens (tertiary/aromatic N) is 1. The lowest BCUT2D eigenvalue weighted by atomic mass is 9.92. The van der Waals surface area contributed by atoms with Crippen LogP contribution in [0.3, 0.4) is 0 Å². The van der Waals surface area contributed by atoms with E-state index in [1.807, 2.05) is 56.4 Å². The highest BCUT2D eigenvalue weighted by molar-refractivity contribution is 6.15. The molecule has 0 saturated carbocycles. The first-order chi connectivity index (χ1) is 17.1. The van der Waals surface area contributed by atoms with Crippen LogP contribution < -0.4 is 5.73 Å². The molecule has 0 aromatic heterocycles. The SMILES string of the molecule is C/C=C\C(=C/C)CC(N)C(=O)N1C/C(=C\c2ccc(C)c(C)c2)C(=O)/C(=C/c2ccc(C)c(C)c2)C1. The van der Waals surface area contributed by atoms with Crippen molar-refractivity contribution >= 4 is 23.8 Å².